The molecule has 0 bridgehead atoms. The topological polar surface area (TPSA) is 58.6 Å². The third-order valence-corrected chi connectivity index (χ3v) is 4.77. The Bertz CT molecular complexity index is 576. The number of likely N-dealkylation sites (tertiary alicyclic amines) is 1. The monoisotopic (exact) mass is 334 g/mol. The van der Waals surface area contributed by atoms with Gasteiger partial charge in [0.1, 0.15) is 5.82 Å². The van der Waals surface area contributed by atoms with Gasteiger partial charge in [0.2, 0.25) is 5.91 Å². The first kappa shape index (κ1) is 16.9. The highest BCUT2D eigenvalue weighted by Crippen LogP contribution is 2.20. The van der Waals surface area contributed by atoms with Crippen LogP contribution in [-0.2, 0) is 9.53 Å². The van der Waals surface area contributed by atoms with Gasteiger partial charge < -0.3 is 15.0 Å². The summed E-state index contributed by atoms with van der Waals surface area (Å²) in [6.45, 7) is 2.46. The highest BCUT2D eigenvalue weighted by molar-refractivity contribution is 5.94. The van der Waals surface area contributed by atoms with Crippen molar-refractivity contribution in [2.75, 3.05) is 26.2 Å². The average molecular weight is 334 g/mol. The zero-order valence-corrected chi connectivity index (χ0v) is 13.7. The summed E-state index contributed by atoms with van der Waals surface area (Å²) in [6.07, 6.45) is 3.53. The highest BCUT2D eigenvalue weighted by Gasteiger charge is 2.28. The Hall–Kier alpha value is -1.95. The zero-order valence-electron chi connectivity index (χ0n) is 13.7. The molecule has 2 saturated heterocycles. The molecule has 6 heteroatoms. The number of rotatable bonds is 4. The van der Waals surface area contributed by atoms with Crippen LogP contribution in [-0.4, -0.2) is 49.1 Å². The van der Waals surface area contributed by atoms with Gasteiger partial charge in [-0.05, 0) is 49.9 Å². The SMILES string of the molecule is O=C(NC[C@@H]1CCCO1)C1CCN(C(=O)c2ccc(F)cc2)CC1. The molecule has 0 spiro atoms. The molecule has 3 rings (SSSR count). The second-order valence-corrected chi connectivity index (χ2v) is 6.45. The van der Waals surface area contributed by atoms with Crippen molar-refractivity contribution >= 4 is 11.8 Å². The standard InChI is InChI=1S/C18H23FN2O3/c19-15-5-3-14(4-6-15)18(23)21-9-7-13(8-10-21)17(22)20-12-16-2-1-11-24-16/h3-6,13,16H,1-2,7-12H2,(H,20,22)/t16-/m0/s1. The fourth-order valence-corrected chi connectivity index (χ4v) is 3.28. The van der Waals surface area contributed by atoms with Gasteiger partial charge in [0.25, 0.3) is 5.91 Å². The van der Waals surface area contributed by atoms with E-state index in [1.165, 1.54) is 24.3 Å². The van der Waals surface area contributed by atoms with Crippen molar-refractivity contribution < 1.29 is 18.7 Å². The summed E-state index contributed by atoms with van der Waals surface area (Å²) in [5, 5.41) is 2.97. The molecule has 1 N–H and O–H groups in total. The zero-order chi connectivity index (χ0) is 16.9. The number of piperidine rings is 1. The molecule has 1 atom stereocenters. The van der Waals surface area contributed by atoms with E-state index in [9.17, 15) is 14.0 Å². The number of carbonyl (C=O) groups excluding carboxylic acids is 2. The minimum atomic E-state index is -0.354. The first-order valence-electron chi connectivity index (χ1n) is 8.57. The predicted molar refractivity (Wildman–Crippen MR) is 87.0 cm³/mol. The van der Waals surface area contributed by atoms with Crippen molar-refractivity contribution in [3.8, 4) is 0 Å². The van der Waals surface area contributed by atoms with Gasteiger partial charge in [-0.3, -0.25) is 9.59 Å². The third kappa shape index (κ3) is 4.12. The molecule has 2 aliphatic rings. The van der Waals surface area contributed by atoms with Crippen molar-refractivity contribution in [2.24, 2.45) is 5.92 Å². The Kier molecular flexibility index (Phi) is 5.45. The van der Waals surface area contributed by atoms with Crippen molar-refractivity contribution in [2.45, 2.75) is 31.8 Å². The predicted octanol–water partition coefficient (Wildman–Crippen LogP) is 1.97. The number of ether oxygens (including phenoxy) is 1. The highest BCUT2D eigenvalue weighted by atomic mass is 19.1. The molecule has 0 saturated carbocycles. The summed E-state index contributed by atoms with van der Waals surface area (Å²) in [6, 6.07) is 5.58. The van der Waals surface area contributed by atoms with E-state index in [1.807, 2.05) is 0 Å². The van der Waals surface area contributed by atoms with Crippen molar-refractivity contribution in [3.05, 3.63) is 35.6 Å². The quantitative estimate of drug-likeness (QED) is 0.916. The van der Waals surface area contributed by atoms with Crippen LogP contribution in [0.5, 0.6) is 0 Å². The lowest BCUT2D eigenvalue weighted by molar-refractivity contribution is -0.126. The van der Waals surface area contributed by atoms with Crippen LogP contribution in [0.2, 0.25) is 0 Å². The Morgan fingerprint density at radius 3 is 2.50 bits per heavy atom. The number of nitrogens with one attached hydrogen (secondary N) is 1. The molecule has 1 aromatic carbocycles. The van der Waals surface area contributed by atoms with Crippen molar-refractivity contribution in [1.29, 1.82) is 0 Å². The lowest BCUT2D eigenvalue weighted by atomic mass is 9.95. The molecule has 0 unspecified atom stereocenters. The number of hydrogen-bond acceptors (Lipinski definition) is 3. The molecular weight excluding hydrogens is 311 g/mol. The first-order chi connectivity index (χ1) is 11.6. The molecule has 2 amide bonds. The second-order valence-electron chi connectivity index (χ2n) is 6.45. The van der Waals surface area contributed by atoms with Crippen molar-refractivity contribution in [1.82, 2.24) is 10.2 Å². The van der Waals surface area contributed by atoms with E-state index in [-0.39, 0.29) is 29.7 Å². The average Bonchev–Trinajstić information content (AvgIpc) is 3.13. The first-order valence-corrected chi connectivity index (χ1v) is 8.57. The largest absolute Gasteiger partial charge is 0.376 e. The molecule has 2 fully saturated rings. The summed E-state index contributed by atoms with van der Waals surface area (Å²) in [5.74, 6) is -0.454. The van der Waals surface area contributed by atoms with E-state index in [2.05, 4.69) is 5.32 Å². The van der Waals surface area contributed by atoms with E-state index >= 15 is 0 Å². The van der Waals surface area contributed by atoms with Crippen LogP contribution in [0.4, 0.5) is 4.39 Å². The molecule has 0 aliphatic carbocycles. The van der Waals surface area contributed by atoms with Crippen LogP contribution < -0.4 is 5.32 Å². The lowest BCUT2D eigenvalue weighted by Crippen LogP contribution is -2.44. The lowest BCUT2D eigenvalue weighted by Gasteiger charge is -2.31. The molecule has 24 heavy (non-hydrogen) atoms. The number of carbonyl (C=O) groups is 2. The van der Waals surface area contributed by atoms with Gasteiger partial charge >= 0.3 is 0 Å². The maximum absolute atomic E-state index is 12.9. The van der Waals surface area contributed by atoms with E-state index in [0.29, 0.717) is 38.0 Å². The molecule has 0 aromatic heterocycles. The Morgan fingerprint density at radius 2 is 1.88 bits per heavy atom. The molecule has 5 nitrogen and oxygen atoms in total. The smallest absolute Gasteiger partial charge is 0.253 e. The molecule has 2 heterocycles. The number of nitrogens with zero attached hydrogens (tertiary/aromatic N) is 1. The molecule has 0 radical (unpaired) electrons. The van der Waals surface area contributed by atoms with Crippen LogP contribution in [0, 0.1) is 11.7 Å². The van der Waals surface area contributed by atoms with Gasteiger partial charge in [-0.2, -0.15) is 0 Å². The summed E-state index contributed by atoms with van der Waals surface area (Å²) >= 11 is 0. The summed E-state index contributed by atoms with van der Waals surface area (Å²) in [5.41, 5.74) is 0.484. The number of hydrogen-bond donors (Lipinski definition) is 1. The summed E-state index contributed by atoms with van der Waals surface area (Å²) in [4.78, 5) is 26.3. The van der Waals surface area contributed by atoms with Crippen LogP contribution in [0.3, 0.4) is 0 Å². The van der Waals surface area contributed by atoms with Crippen LogP contribution in [0.25, 0.3) is 0 Å². The fourth-order valence-electron chi connectivity index (χ4n) is 3.28. The van der Waals surface area contributed by atoms with Gasteiger partial charge in [0.15, 0.2) is 0 Å². The summed E-state index contributed by atoms with van der Waals surface area (Å²) in [7, 11) is 0. The Labute approximate surface area is 141 Å². The van der Waals surface area contributed by atoms with E-state index in [1.54, 1.807) is 4.90 Å². The number of amides is 2. The maximum Gasteiger partial charge on any atom is 0.253 e. The normalized spacial score (nSPS) is 21.7. The van der Waals surface area contributed by atoms with Gasteiger partial charge in [0.05, 0.1) is 6.10 Å². The van der Waals surface area contributed by atoms with Gasteiger partial charge in [-0.1, -0.05) is 0 Å². The van der Waals surface area contributed by atoms with Crippen LogP contribution in [0.15, 0.2) is 24.3 Å². The second kappa shape index (κ2) is 7.75. The summed E-state index contributed by atoms with van der Waals surface area (Å²) < 4.78 is 18.4. The Morgan fingerprint density at radius 1 is 1.17 bits per heavy atom. The molecule has 1 aromatic rings. The van der Waals surface area contributed by atoms with E-state index in [4.69, 9.17) is 4.74 Å². The number of halogens is 1. The maximum atomic E-state index is 12.9. The fraction of sp³-hybridized carbons (Fsp3) is 0.556. The van der Waals surface area contributed by atoms with E-state index in [0.717, 1.165) is 19.4 Å². The van der Waals surface area contributed by atoms with Crippen LogP contribution in [0.1, 0.15) is 36.0 Å². The van der Waals surface area contributed by atoms with E-state index < -0.39 is 0 Å². The van der Waals surface area contributed by atoms with Gasteiger partial charge in [-0.15, -0.1) is 0 Å². The minimum Gasteiger partial charge on any atom is -0.376 e. The molecule has 130 valence electrons. The molecule has 2 aliphatic heterocycles. The minimum absolute atomic E-state index is 0.0522. The third-order valence-electron chi connectivity index (χ3n) is 4.77. The van der Waals surface area contributed by atoms with Crippen LogP contribution >= 0.6 is 0 Å². The molecular formula is C18H23FN2O3. The Balaban J connectivity index is 1.45. The van der Waals surface area contributed by atoms with Crippen molar-refractivity contribution in [3.63, 3.8) is 0 Å². The van der Waals surface area contributed by atoms with Gasteiger partial charge in [-0.25, -0.2) is 4.39 Å². The number of benzene rings is 1. The van der Waals surface area contributed by atoms with Gasteiger partial charge in [0, 0.05) is 37.7 Å².